The Hall–Kier alpha value is -2.49. The van der Waals surface area contributed by atoms with Gasteiger partial charge < -0.3 is 15.5 Å². The number of hydrogen-bond acceptors (Lipinski definition) is 3. The Morgan fingerprint density at radius 1 is 0.889 bits per heavy atom. The summed E-state index contributed by atoms with van der Waals surface area (Å²) in [6, 6.07) is 10.4. The molecule has 0 unspecified atom stereocenters. The highest BCUT2D eigenvalue weighted by molar-refractivity contribution is 5.90. The van der Waals surface area contributed by atoms with Crippen LogP contribution in [0.1, 0.15) is 64.7 Å². The second-order valence-corrected chi connectivity index (χ2v) is 9.13. The van der Waals surface area contributed by atoms with E-state index in [9.17, 15) is 15.0 Å². The van der Waals surface area contributed by atoms with Crippen LogP contribution in [0, 0.1) is 0 Å². The molecule has 0 aliphatic rings. The van der Waals surface area contributed by atoms with Crippen molar-refractivity contribution < 1.29 is 15.0 Å². The number of amides is 1. The molecule has 0 heterocycles. The molecule has 2 aromatic rings. The van der Waals surface area contributed by atoms with Crippen molar-refractivity contribution >= 4 is 11.6 Å². The summed E-state index contributed by atoms with van der Waals surface area (Å²) in [4.78, 5) is 12.3. The molecule has 3 N–H and O–H groups in total. The molecule has 4 nitrogen and oxygen atoms in total. The summed E-state index contributed by atoms with van der Waals surface area (Å²) in [5.41, 5.74) is 3.15. The Morgan fingerprint density at radius 3 is 1.81 bits per heavy atom. The second kappa shape index (κ2) is 7.63. The number of phenols is 2. The van der Waals surface area contributed by atoms with Crippen LogP contribution >= 0.6 is 0 Å². The van der Waals surface area contributed by atoms with Crippen LogP contribution in [0.25, 0.3) is 0 Å². The molecular formula is C23H31NO3. The van der Waals surface area contributed by atoms with Gasteiger partial charge in [0.05, 0.1) is 0 Å². The maximum atomic E-state index is 12.3. The third-order valence-electron chi connectivity index (χ3n) is 4.58. The standard InChI is InChI=1S/C23H31NO3/c1-22(2,3)18-13-15(14-19(21(18)27)23(4,5)6)7-12-20(26)24-16-8-10-17(25)11-9-16/h8-11,13-14,25,27H,7,12H2,1-6H3,(H,24,26). The molecule has 0 radical (unpaired) electrons. The van der Waals surface area contributed by atoms with E-state index in [1.54, 1.807) is 24.3 Å². The van der Waals surface area contributed by atoms with Gasteiger partial charge in [-0.1, -0.05) is 53.7 Å². The van der Waals surface area contributed by atoms with Gasteiger partial charge in [0.15, 0.2) is 0 Å². The van der Waals surface area contributed by atoms with Gasteiger partial charge in [-0.15, -0.1) is 0 Å². The van der Waals surface area contributed by atoms with Gasteiger partial charge in [-0.3, -0.25) is 4.79 Å². The van der Waals surface area contributed by atoms with Crippen molar-refractivity contribution in [1.29, 1.82) is 0 Å². The van der Waals surface area contributed by atoms with Gasteiger partial charge in [-0.2, -0.15) is 0 Å². The van der Waals surface area contributed by atoms with Gasteiger partial charge in [0.25, 0.3) is 0 Å². The molecule has 27 heavy (non-hydrogen) atoms. The molecular weight excluding hydrogens is 338 g/mol. The highest BCUT2D eigenvalue weighted by atomic mass is 16.3. The van der Waals surface area contributed by atoms with E-state index in [-0.39, 0.29) is 22.5 Å². The van der Waals surface area contributed by atoms with E-state index in [4.69, 9.17) is 0 Å². The molecule has 2 aromatic carbocycles. The van der Waals surface area contributed by atoms with Crippen molar-refractivity contribution in [1.82, 2.24) is 0 Å². The zero-order valence-electron chi connectivity index (χ0n) is 17.2. The molecule has 0 aromatic heterocycles. The highest BCUT2D eigenvalue weighted by Crippen LogP contribution is 2.40. The third kappa shape index (κ3) is 5.49. The number of phenolic OH excluding ortho intramolecular Hbond substituents is 2. The van der Waals surface area contributed by atoms with E-state index in [1.807, 2.05) is 12.1 Å². The molecule has 0 saturated carbocycles. The first-order chi connectivity index (χ1) is 12.4. The number of carbonyl (C=O) groups is 1. The number of hydrogen-bond donors (Lipinski definition) is 3. The van der Waals surface area contributed by atoms with Gasteiger partial charge in [0.2, 0.25) is 5.91 Å². The zero-order chi connectivity index (χ0) is 20.4. The van der Waals surface area contributed by atoms with Gasteiger partial charge in [-0.05, 0) is 58.2 Å². The summed E-state index contributed by atoms with van der Waals surface area (Å²) in [6.07, 6.45) is 0.940. The van der Waals surface area contributed by atoms with Gasteiger partial charge in [0.1, 0.15) is 11.5 Å². The van der Waals surface area contributed by atoms with Crippen LogP contribution in [0.15, 0.2) is 36.4 Å². The largest absolute Gasteiger partial charge is 0.508 e. The molecule has 1 amide bonds. The lowest BCUT2D eigenvalue weighted by Gasteiger charge is -2.28. The van der Waals surface area contributed by atoms with Crippen LogP contribution in [0.4, 0.5) is 5.69 Å². The van der Waals surface area contributed by atoms with Gasteiger partial charge in [-0.25, -0.2) is 0 Å². The first-order valence-electron chi connectivity index (χ1n) is 9.33. The normalized spacial score (nSPS) is 12.1. The molecule has 0 aliphatic heterocycles. The molecule has 0 spiro atoms. The van der Waals surface area contributed by atoms with E-state index >= 15 is 0 Å². The first-order valence-corrected chi connectivity index (χ1v) is 9.33. The zero-order valence-corrected chi connectivity index (χ0v) is 17.2. The van der Waals surface area contributed by atoms with E-state index in [2.05, 4.69) is 46.9 Å². The average Bonchev–Trinajstić information content (AvgIpc) is 2.54. The van der Waals surface area contributed by atoms with E-state index in [1.165, 1.54) is 0 Å². The van der Waals surface area contributed by atoms with Crippen molar-refractivity contribution in [3.63, 3.8) is 0 Å². The van der Waals surface area contributed by atoms with Crippen LogP contribution < -0.4 is 5.32 Å². The van der Waals surface area contributed by atoms with E-state index in [0.717, 1.165) is 16.7 Å². The lowest BCUT2D eigenvalue weighted by Crippen LogP contribution is -2.18. The van der Waals surface area contributed by atoms with Gasteiger partial charge in [0, 0.05) is 12.1 Å². The molecule has 4 heteroatoms. The minimum Gasteiger partial charge on any atom is -0.508 e. The molecule has 0 atom stereocenters. The van der Waals surface area contributed by atoms with E-state index < -0.39 is 0 Å². The number of nitrogens with one attached hydrogen (secondary N) is 1. The Morgan fingerprint density at radius 2 is 1.37 bits per heavy atom. The monoisotopic (exact) mass is 369 g/mol. The fourth-order valence-corrected chi connectivity index (χ4v) is 3.01. The summed E-state index contributed by atoms with van der Waals surface area (Å²) in [6.45, 7) is 12.5. The number of carbonyl (C=O) groups excluding carboxylic acids is 1. The first kappa shape index (κ1) is 20.8. The maximum Gasteiger partial charge on any atom is 0.224 e. The highest BCUT2D eigenvalue weighted by Gasteiger charge is 2.26. The number of anilines is 1. The molecule has 146 valence electrons. The minimum absolute atomic E-state index is 0.0802. The van der Waals surface area contributed by atoms with Crippen LogP contribution in [0.2, 0.25) is 0 Å². The van der Waals surface area contributed by atoms with Gasteiger partial charge >= 0.3 is 0 Å². The summed E-state index contributed by atoms with van der Waals surface area (Å²) >= 11 is 0. The van der Waals surface area contributed by atoms with Crippen molar-refractivity contribution in [2.75, 3.05) is 5.32 Å². The number of aromatic hydroxyl groups is 2. The minimum atomic E-state index is -0.186. The SMILES string of the molecule is CC(C)(C)c1cc(CCC(=O)Nc2ccc(O)cc2)cc(C(C)(C)C)c1O. The predicted molar refractivity (Wildman–Crippen MR) is 111 cm³/mol. The van der Waals surface area contributed by atoms with Crippen molar-refractivity contribution in [2.45, 2.75) is 65.2 Å². The van der Waals surface area contributed by atoms with Crippen molar-refractivity contribution in [2.24, 2.45) is 0 Å². The summed E-state index contributed by atoms with van der Waals surface area (Å²) in [7, 11) is 0. The Labute approximate surface area is 162 Å². The second-order valence-electron chi connectivity index (χ2n) is 9.13. The van der Waals surface area contributed by atoms with Crippen molar-refractivity contribution in [3.05, 3.63) is 53.1 Å². The van der Waals surface area contributed by atoms with Crippen molar-refractivity contribution in [3.8, 4) is 11.5 Å². The summed E-state index contributed by atoms with van der Waals surface area (Å²) in [5, 5.41) is 22.9. The summed E-state index contributed by atoms with van der Waals surface area (Å²) in [5.74, 6) is 0.442. The quantitative estimate of drug-likeness (QED) is 0.644. The lowest BCUT2D eigenvalue weighted by molar-refractivity contribution is -0.116. The predicted octanol–water partition coefficient (Wildman–Crippen LogP) is 5.26. The number of aryl methyl sites for hydroxylation is 1. The molecule has 0 aliphatic carbocycles. The Bertz CT molecular complexity index is 774. The van der Waals surface area contributed by atoms with Crippen LogP contribution in [-0.2, 0) is 22.0 Å². The molecule has 2 rings (SSSR count). The third-order valence-corrected chi connectivity index (χ3v) is 4.58. The van der Waals surface area contributed by atoms with Crippen LogP contribution in [-0.4, -0.2) is 16.1 Å². The summed E-state index contributed by atoms with van der Waals surface area (Å²) < 4.78 is 0. The van der Waals surface area contributed by atoms with Crippen LogP contribution in [0.5, 0.6) is 11.5 Å². The molecule has 0 saturated heterocycles. The number of rotatable bonds is 4. The molecule has 0 fully saturated rings. The van der Waals surface area contributed by atoms with E-state index in [0.29, 0.717) is 24.3 Å². The number of benzene rings is 2. The fourth-order valence-electron chi connectivity index (χ4n) is 3.01. The van der Waals surface area contributed by atoms with Crippen LogP contribution in [0.3, 0.4) is 0 Å². The lowest BCUT2D eigenvalue weighted by atomic mass is 9.78. The molecule has 0 bridgehead atoms. The topological polar surface area (TPSA) is 69.6 Å². The smallest absolute Gasteiger partial charge is 0.224 e. The fraction of sp³-hybridized carbons (Fsp3) is 0.435. The average molecular weight is 370 g/mol. The maximum absolute atomic E-state index is 12.3. The Balaban J connectivity index is 2.20. The Kier molecular flexibility index (Phi) is 5.88.